The third kappa shape index (κ3) is 4.26. The van der Waals surface area contributed by atoms with Crippen molar-refractivity contribution in [3.63, 3.8) is 0 Å². The summed E-state index contributed by atoms with van der Waals surface area (Å²) < 4.78 is 7.11. The molecule has 0 bridgehead atoms. The van der Waals surface area contributed by atoms with Crippen molar-refractivity contribution in [1.29, 1.82) is 0 Å². The summed E-state index contributed by atoms with van der Waals surface area (Å²) in [7, 11) is 0. The lowest BCUT2D eigenvalue weighted by atomic mass is 10.0. The van der Waals surface area contributed by atoms with Gasteiger partial charge >= 0.3 is 5.97 Å². The van der Waals surface area contributed by atoms with E-state index in [4.69, 9.17) is 4.74 Å². The van der Waals surface area contributed by atoms with Crippen LogP contribution < -0.4 is 0 Å². The Morgan fingerprint density at radius 2 is 1.79 bits per heavy atom. The smallest absolute Gasteiger partial charge is 0.358 e. The fourth-order valence-corrected chi connectivity index (χ4v) is 3.69. The average Bonchev–Trinajstić information content (AvgIpc) is 3.19. The lowest BCUT2D eigenvalue weighted by molar-refractivity contribution is -0.132. The van der Waals surface area contributed by atoms with E-state index in [9.17, 15) is 9.59 Å². The van der Waals surface area contributed by atoms with E-state index in [0.29, 0.717) is 18.7 Å². The van der Waals surface area contributed by atoms with E-state index in [-0.39, 0.29) is 11.9 Å². The number of nitrogens with zero attached hydrogens (tertiary/aromatic N) is 3. The first-order chi connectivity index (χ1) is 13.6. The zero-order chi connectivity index (χ0) is 20.1. The molecule has 2 aromatic rings. The second-order valence-corrected chi connectivity index (χ2v) is 7.10. The van der Waals surface area contributed by atoms with Crippen molar-refractivity contribution in [1.82, 2.24) is 14.7 Å². The van der Waals surface area contributed by atoms with Crippen molar-refractivity contribution < 1.29 is 14.3 Å². The van der Waals surface area contributed by atoms with Crippen LogP contribution in [0.1, 0.15) is 62.1 Å². The Morgan fingerprint density at radius 3 is 2.36 bits per heavy atom. The van der Waals surface area contributed by atoms with Gasteiger partial charge in [0.2, 0.25) is 5.91 Å². The molecule has 3 rings (SSSR count). The molecule has 6 nitrogen and oxygen atoms in total. The minimum Gasteiger partial charge on any atom is -0.461 e. The number of hydrogen-bond donors (Lipinski definition) is 0. The molecule has 1 aliphatic heterocycles. The molecule has 1 amide bonds. The molecule has 28 heavy (non-hydrogen) atoms. The number of likely N-dealkylation sites (tertiary alicyclic amines) is 1. The number of carbonyl (C=O) groups is 2. The predicted octanol–water partition coefficient (Wildman–Crippen LogP) is 3.86. The average molecular weight is 383 g/mol. The maximum absolute atomic E-state index is 12.3. The maximum atomic E-state index is 12.3. The third-order valence-corrected chi connectivity index (χ3v) is 5.34. The summed E-state index contributed by atoms with van der Waals surface area (Å²) >= 11 is 0. The van der Waals surface area contributed by atoms with Gasteiger partial charge in [0.1, 0.15) is 0 Å². The third-order valence-electron chi connectivity index (χ3n) is 5.34. The molecule has 0 unspecified atom stereocenters. The van der Waals surface area contributed by atoms with Gasteiger partial charge in [-0.1, -0.05) is 38.1 Å². The molecule has 0 N–H and O–H groups in total. The van der Waals surface area contributed by atoms with Gasteiger partial charge in [-0.25, -0.2) is 4.79 Å². The first kappa shape index (κ1) is 20.1. The van der Waals surface area contributed by atoms with E-state index >= 15 is 0 Å². The Bertz CT molecular complexity index is 818. The zero-order valence-electron chi connectivity index (χ0n) is 17.0. The molecule has 1 aromatic carbocycles. The van der Waals surface area contributed by atoms with E-state index in [0.717, 1.165) is 43.6 Å². The summed E-state index contributed by atoms with van der Waals surface area (Å²) in [6.07, 6.45) is 3.18. The Kier molecular flexibility index (Phi) is 6.49. The summed E-state index contributed by atoms with van der Waals surface area (Å²) in [5.74, 6) is -0.201. The Morgan fingerprint density at radius 1 is 1.11 bits per heavy atom. The van der Waals surface area contributed by atoms with E-state index in [1.807, 2.05) is 22.6 Å². The van der Waals surface area contributed by atoms with E-state index in [2.05, 4.69) is 36.3 Å². The van der Waals surface area contributed by atoms with Gasteiger partial charge < -0.3 is 9.64 Å². The number of carbonyl (C=O) groups excluding carboxylic acids is 2. The summed E-state index contributed by atoms with van der Waals surface area (Å²) in [5, 5.41) is 4.60. The molecule has 1 fully saturated rings. The highest BCUT2D eigenvalue weighted by Gasteiger charge is 2.27. The monoisotopic (exact) mass is 383 g/mol. The molecular formula is C22H29N3O3. The number of esters is 1. The lowest BCUT2D eigenvalue weighted by Gasteiger charge is -2.32. The molecule has 1 saturated heterocycles. The maximum Gasteiger partial charge on any atom is 0.358 e. The van der Waals surface area contributed by atoms with Crippen LogP contribution in [0.25, 0.3) is 11.3 Å². The zero-order valence-corrected chi connectivity index (χ0v) is 17.0. The van der Waals surface area contributed by atoms with Crippen LogP contribution in [0.15, 0.2) is 30.3 Å². The van der Waals surface area contributed by atoms with E-state index in [1.165, 1.54) is 5.56 Å². The van der Waals surface area contributed by atoms with Crippen LogP contribution in [-0.4, -0.2) is 46.3 Å². The van der Waals surface area contributed by atoms with Crippen LogP contribution in [0.2, 0.25) is 0 Å². The van der Waals surface area contributed by atoms with Gasteiger partial charge in [0.05, 0.1) is 18.3 Å². The van der Waals surface area contributed by atoms with Gasteiger partial charge in [0.25, 0.3) is 0 Å². The number of aromatic nitrogens is 2. The number of hydrogen-bond acceptors (Lipinski definition) is 4. The van der Waals surface area contributed by atoms with Crippen LogP contribution in [0.3, 0.4) is 0 Å². The van der Waals surface area contributed by atoms with Crippen molar-refractivity contribution in [3.05, 3.63) is 41.6 Å². The number of ether oxygens (including phenoxy) is 1. The van der Waals surface area contributed by atoms with E-state index < -0.39 is 5.97 Å². The van der Waals surface area contributed by atoms with Gasteiger partial charge in [-0.05, 0) is 43.4 Å². The van der Waals surface area contributed by atoms with Crippen molar-refractivity contribution >= 4 is 11.9 Å². The van der Waals surface area contributed by atoms with Crippen molar-refractivity contribution in [2.45, 2.75) is 52.5 Å². The summed E-state index contributed by atoms with van der Waals surface area (Å²) in [6.45, 7) is 7.58. The molecule has 6 heteroatoms. The van der Waals surface area contributed by atoms with Crippen LogP contribution in [-0.2, 0) is 16.0 Å². The minimum absolute atomic E-state index is 0.157. The van der Waals surface area contributed by atoms with Crippen molar-refractivity contribution in [3.8, 4) is 11.3 Å². The van der Waals surface area contributed by atoms with Crippen LogP contribution in [0, 0.1) is 0 Å². The van der Waals surface area contributed by atoms with Crippen LogP contribution >= 0.6 is 0 Å². The number of rotatable bonds is 6. The molecule has 1 aromatic heterocycles. The largest absolute Gasteiger partial charge is 0.461 e. The van der Waals surface area contributed by atoms with Gasteiger partial charge in [0.15, 0.2) is 5.69 Å². The van der Waals surface area contributed by atoms with Gasteiger partial charge in [-0.3, -0.25) is 9.48 Å². The number of aryl methyl sites for hydroxylation is 1. The minimum atomic E-state index is -0.397. The molecular weight excluding hydrogens is 354 g/mol. The second kappa shape index (κ2) is 9.04. The van der Waals surface area contributed by atoms with E-state index in [1.54, 1.807) is 6.92 Å². The SMILES string of the molecule is CCOC(=O)c1cc(-c2ccc(CC)cc2)n(C2CCN(C(=O)CC)CC2)n1. The molecule has 0 saturated carbocycles. The second-order valence-electron chi connectivity index (χ2n) is 7.10. The summed E-state index contributed by atoms with van der Waals surface area (Å²) in [5.41, 5.74) is 3.56. The molecule has 1 aliphatic rings. The molecule has 0 atom stereocenters. The first-order valence-electron chi connectivity index (χ1n) is 10.2. The van der Waals surface area contributed by atoms with Crippen LogP contribution in [0.5, 0.6) is 0 Å². The lowest BCUT2D eigenvalue weighted by Crippen LogP contribution is -2.39. The fourth-order valence-electron chi connectivity index (χ4n) is 3.69. The van der Waals surface area contributed by atoms with Crippen molar-refractivity contribution in [2.24, 2.45) is 0 Å². The summed E-state index contributed by atoms with van der Waals surface area (Å²) in [4.78, 5) is 26.1. The molecule has 0 radical (unpaired) electrons. The van der Waals surface area contributed by atoms with Crippen LogP contribution in [0.4, 0.5) is 0 Å². The standard InChI is InChI=1S/C22H29N3O3/c1-4-16-7-9-17(10-8-16)20-15-19(22(27)28-6-3)23-25(20)18-11-13-24(14-12-18)21(26)5-2/h7-10,15,18H,4-6,11-14H2,1-3H3. The Labute approximate surface area is 166 Å². The molecule has 150 valence electrons. The highest BCUT2D eigenvalue weighted by molar-refractivity contribution is 5.88. The summed E-state index contributed by atoms with van der Waals surface area (Å²) in [6, 6.07) is 10.4. The molecule has 0 aliphatic carbocycles. The molecule has 0 spiro atoms. The fraction of sp³-hybridized carbons (Fsp3) is 0.500. The van der Waals surface area contributed by atoms with Gasteiger partial charge in [-0.15, -0.1) is 0 Å². The highest BCUT2D eigenvalue weighted by atomic mass is 16.5. The van der Waals surface area contributed by atoms with Gasteiger partial charge in [0, 0.05) is 19.5 Å². The predicted molar refractivity (Wildman–Crippen MR) is 108 cm³/mol. The number of amides is 1. The number of benzene rings is 1. The highest BCUT2D eigenvalue weighted by Crippen LogP contribution is 2.30. The Hall–Kier alpha value is -2.63. The first-order valence-corrected chi connectivity index (χ1v) is 10.2. The topological polar surface area (TPSA) is 64.4 Å². The van der Waals surface area contributed by atoms with Crippen molar-refractivity contribution in [2.75, 3.05) is 19.7 Å². The normalized spacial score (nSPS) is 14.9. The molecule has 2 heterocycles. The quantitative estimate of drug-likeness (QED) is 0.711. The number of piperidine rings is 1. The Balaban J connectivity index is 1.90. The van der Waals surface area contributed by atoms with Gasteiger partial charge in [-0.2, -0.15) is 5.10 Å².